The number of alkyl halides is 2. The van der Waals surface area contributed by atoms with Crippen LogP contribution in [-0.2, 0) is 11.5 Å². The van der Waals surface area contributed by atoms with E-state index in [4.69, 9.17) is 16.9 Å². The Balaban J connectivity index is 2.01. The van der Waals surface area contributed by atoms with Crippen LogP contribution < -0.4 is 11.7 Å². The molecular weight excluding hydrogens is 483 g/mol. The lowest BCUT2D eigenvalue weighted by Crippen LogP contribution is -2.53. The molecule has 1 heterocycles. The molecule has 0 aliphatic carbocycles. The van der Waals surface area contributed by atoms with Crippen molar-refractivity contribution in [2.75, 3.05) is 6.54 Å². The zero-order chi connectivity index (χ0) is 26.5. The van der Waals surface area contributed by atoms with Crippen LogP contribution in [0.1, 0.15) is 27.9 Å². The molecule has 0 bridgehead atoms. The molecule has 2 aromatic carbocycles. The average molecular weight is 500 g/mol. The van der Waals surface area contributed by atoms with Gasteiger partial charge in [0.05, 0.1) is 23.7 Å². The van der Waals surface area contributed by atoms with Crippen molar-refractivity contribution in [3.8, 4) is 17.9 Å². The first kappa shape index (κ1) is 26.1. The van der Waals surface area contributed by atoms with Gasteiger partial charge in [-0.3, -0.25) is 9.99 Å². The van der Waals surface area contributed by atoms with Gasteiger partial charge in [0.2, 0.25) is 0 Å². The number of aromatic nitrogens is 1. The summed E-state index contributed by atoms with van der Waals surface area (Å²) in [6.07, 6.45) is 1.65. The van der Waals surface area contributed by atoms with Gasteiger partial charge in [-0.2, -0.15) is 19.1 Å². The zero-order valence-electron chi connectivity index (χ0n) is 18.3. The number of hydrogen-bond acceptors (Lipinski definition) is 6. The highest BCUT2D eigenvalue weighted by atomic mass is 19.3. The number of nitrogens with zero attached hydrogens (tertiary/aromatic N) is 4. The molecule has 3 aromatic rings. The molecule has 0 saturated heterocycles. The van der Waals surface area contributed by atoms with Gasteiger partial charge in [-0.05, 0) is 42.5 Å². The van der Waals surface area contributed by atoms with E-state index < -0.39 is 46.8 Å². The quantitative estimate of drug-likeness (QED) is 0.119. The van der Waals surface area contributed by atoms with Crippen LogP contribution in [0.2, 0.25) is 0 Å². The summed E-state index contributed by atoms with van der Waals surface area (Å²) in [5.41, 5.74) is -5.10. The maximum absolute atomic E-state index is 15.6. The summed E-state index contributed by atoms with van der Waals surface area (Å²) < 4.78 is 73.1. The summed E-state index contributed by atoms with van der Waals surface area (Å²) in [4.78, 5) is 3.64. The van der Waals surface area contributed by atoms with E-state index in [9.17, 15) is 18.3 Å². The fraction of sp³-hybridized carbons (Fsp3) is 0.125. The van der Waals surface area contributed by atoms with Crippen molar-refractivity contribution >= 4 is 6.34 Å². The van der Waals surface area contributed by atoms with Crippen LogP contribution >= 0.6 is 0 Å². The lowest BCUT2D eigenvalue weighted by atomic mass is 9.84. The molecular formula is C24H17F5N6O. The predicted octanol–water partition coefficient (Wildman–Crippen LogP) is 2.83. The Bertz CT molecular complexity index is 1390. The molecule has 0 aliphatic heterocycles. The lowest BCUT2D eigenvalue weighted by molar-refractivity contribution is -0.203. The van der Waals surface area contributed by atoms with E-state index in [0.29, 0.717) is 23.2 Å². The van der Waals surface area contributed by atoms with E-state index in [2.05, 4.69) is 21.9 Å². The van der Waals surface area contributed by atoms with E-state index in [0.717, 1.165) is 30.7 Å². The van der Waals surface area contributed by atoms with E-state index in [1.807, 2.05) is 6.07 Å². The number of rotatable bonds is 6. The van der Waals surface area contributed by atoms with Gasteiger partial charge in [-0.1, -0.05) is 11.8 Å². The molecule has 1 unspecified atom stereocenters. The second-order valence-corrected chi connectivity index (χ2v) is 7.48. The van der Waals surface area contributed by atoms with Crippen LogP contribution in [0.3, 0.4) is 0 Å². The summed E-state index contributed by atoms with van der Waals surface area (Å²) in [5.74, 6) is 8.07. The highest BCUT2D eigenvalue weighted by Gasteiger charge is 2.58. The molecule has 0 aliphatic rings. The van der Waals surface area contributed by atoms with Gasteiger partial charge < -0.3 is 10.9 Å². The molecule has 0 amide bonds. The minimum absolute atomic E-state index is 0.0887. The summed E-state index contributed by atoms with van der Waals surface area (Å²) >= 11 is 0. The van der Waals surface area contributed by atoms with Gasteiger partial charge in [0.1, 0.15) is 29.5 Å². The SMILES string of the molecule is N#Cc1ccc(F)c(C#Cc2ccc(C(F)(F)C(O)(CN(N)/C=N\N)c3ccc(F)cc3F)nc2)c1. The Kier molecular flexibility index (Phi) is 7.53. The third kappa shape index (κ3) is 5.25. The van der Waals surface area contributed by atoms with Gasteiger partial charge in [0.15, 0.2) is 5.60 Å². The van der Waals surface area contributed by atoms with Gasteiger partial charge in [0.25, 0.3) is 0 Å². The van der Waals surface area contributed by atoms with E-state index >= 15 is 8.78 Å². The summed E-state index contributed by atoms with van der Waals surface area (Å²) in [7, 11) is 0. The third-order valence-corrected chi connectivity index (χ3v) is 5.04. The van der Waals surface area contributed by atoms with Crippen molar-refractivity contribution < 1.29 is 27.1 Å². The molecule has 0 fully saturated rings. The fourth-order valence-corrected chi connectivity index (χ4v) is 3.26. The molecule has 1 aromatic heterocycles. The van der Waals surface area contributed by atoms with E-state index in [-0.39, 0.29) is 16.7 Å². The van der Waals surface area contributed by atoms with Crippen LogP contribution in [0.4, 0.5) is 22.0 Å². The molecule has 36 heavy (non-hydrogen) atoms. The Hall–Kier alpha value is -4.52. The summed E-state index contributed by atoms with van der Waals surface area (Å²) in [6, 6.07) is 9.05. The van der Waals surface area contributed by atoms with Gasteiger partial charge >= 0.3 is 5.92 Å². The number of pyridine rings is 1. The lowest BCUT2D eigenvalue weighted by Gasteiger charge is -2.37. The van der Waals surface area contributed by atoms with Gasteiger partial charge in [0, 0.05) is 23.4 Å². The number of nitrogens with two attached hydrogens (primary N) is 2. The molecule has 184 valence electrons. The van der Waals surface area contributed by atoms with Crippen molar-refractivity contribution in [2.24, 2.45) is 16.8 Å². The fourth-order valence-electron chi connectivity index (χ4n) is 3.26. The summed E-state index contributed by atoms with van der Waals surface area (Å²) in [6.45, 7) is -1.11. The molecule has 7 nitrogen and oxygen atoms in total. The normalized spacial score (nSPS) is 12.9. The van der Waals surface area contributed by atoms with Gasteiger partial charge in [-0.15, -0.1) is 0 Å². The van der Waals surface area contributed by atoms with Crippen LogP contribution in [0.25, 0.3) is 0 Å². The zero-order valence-corrected chi connectivity index (χ0v) is 18.3. The second-order valence-electron chi connectivity index (χ2n) is 7.48. The van der Waals surface area contributed by atoms with Crippen LogP contribution in [-0.4, -0.2) is 28.0 Å². The number of halogens is 5. The Morgan fingerprint density at radius 3 is 2.36 bits per heavy atom. The molecule has 0 radical (unpaired) electrons. The monoisotopic (exact) mass is 500 g/mol. The first-order valence-electron chi connectivity index (χ1n) is 10.0. The van der Waals surface area contributed by atoms with E-state index in [1.165, 1.54) is 12.1 Å². The maximum Gasteiger partial charge on any atom is 0.323 e. The first-order chi connectivity index (χ1) is 17.0. The smallest absolute Gasteiger partial charge is 0.323 e. The summed E-state index contributed by atoms with van der Waals surface area (Å²) in [5, 5.41) is 23.6. The third-order valence-electron chi connectivity index (χ3n) is 5.04. The first-order valence-corrected chi connectivity index (χ1v) is 10.0. The predicted molar refractivity (Wildman–Crippen MR) is 119 cm³/mol. The van der Waals surface area contributed by atoms with Crippen LogP contribution in [0, 0.1) is 40.6 Å². The number of hydrogen-bond donors (Lipinski definition) is 3. The standard InChI is InChI=1S/C24H17F5N6O/c25-18-5-6-19(21(27)10-18)23(36,13-35(32)14-34-31)24(28,29)22-8-3-15(12-33-22)1-4-17-9-16(11-30)2-7-20(17)26/h2-3,5-10,12,14,36H,13,31-32H2/b34-14-. The second kappa shape index (κ2) is 10.4. The number of hydrazine groups is 1. The minimum Gasteiger partial charge on any atom is -0.377 e. The Labute approximate surface area is 202 Å². The molecule has 1 atom stereocenters. The van der Waals surface area contributed by atoms with Crippen molar-refractivity contribution in [3.63, 3.8) is 0 Å². The number of aliphatic hydroxyl groups is 1. The number of benzene rings is 2. The van der Waals surface area contributed by atoms with Crippen molar-refractivity contribution in [3.05, 3.63) is 100 Å². The average Bonchev–Trinajstić information content (AvgIpc) is 2.83. The molecule has 0 saturated carbocycles. The molecule has 0 spiro atoms. The topological polar surface area (TPSA) is 125 Å². The van der Waals surface area contributed by atoms with E-state index in [1.54, 1.807) is 0 Å². The van der Waals surface area contributed by atoms with Crippen LogP contribution in [0.5, 0.6) is 0 Å². The van der Waals surface area contributed by atoms with Crippen LogP contribution in [0.15, 0.2) is 59.8 Å². The number of nitriles is 1. The molecule has 12 heteroatoms. The van der Waals surface area contributed by atoms with Crippen molar-refractivity contribution in [2.45, 2.75) is 11.5 Å². The molecule has 5 N–H and O–H groups in total. The molecule has 3 rings (SSSR count). The Morgan fingerprint density at radius 1 is 1.03 bits per heavy atom. The van der Waals surface area contributed by atoms with Crippen molar-refractivity contribution in [1.29, 1.82) is 5.26 Å². The minimum atomic E-state index is -4.27. The van der Waals surface area contributed by atoms with Gasteiger partial charge in [-0.25, -0.2) is 19.0 Å². The largest absolute Gasteiger partial charge is 0.377 e. The maximum atomic E-state index is 15.6. The number of hydrazone groups is 1. The highest BCUT2D eigenvalue weighted by Crippen LogP contribution is 2.45. The highest BCUT2D eigenvalue weighted by molar-refractivity contribution is 5.54. The Morgan fingerprint density at radius 2 is 1.75 bits per heavy atom. The van der Waals surface area contributed by atoms with Crippen molar-refractivity contribution in [1.82, 2.24) is 9.99 Å².